The Bertz CT molecular complexity index is 260. The van der Waals surface area contributed by atoms with E-state index in [1.807, 2.05) is 0 Å². The quantitative estimate of drug-likeness (QED) is 0.772. The molecule has 0 aromatic rings. The van der Waals surface area contributed by atoms with Gasteiger partial charge in [0, 0.05) is 6.54 Å². The number of likely N-dealkylation sites (tertiary alicyclic amines) is 1. The van der Waals surface area contributed by atoms with Crippen LogP contribution in [0.3, 0.4) is 0 Å². The van der Waals surface area contributed by atoms with Gasteiger partial charge in [-0.2, -0.15) is 0 Å². The van der Waals surface area contributed by atoms with Crippen molar-refractivity contribution in [2.75, 3.05) is 19.6 Å². The van der Waals surface area contributed by atoms with Crippen LogP contribution in [0.5, 0.6) is 0 Å². The van der Waals surface area contributed by atoms with Crippen LogP contribution in [0, 0.1) is 11.3 Å². The Kier molecular flexibility index (Phi) is 4.95. The van der Waals surface area contributed by atoms with Crippen molar-refractivity contribution in [2.45, 2.75) is 46.1 Å². The molecule has 0 aromatic carbocycles. The molecule has 0 saturated carbocycles. The first kappa shape index (κ1) is 14.5. The maximum absolute atomic E-state index is 11.0. The monoisotopic (exact) mass is 241 g/mol. The fourth-order valence-corrected chi connectivity index (χ4v) is 2.57. The summed E-state index contributed by atoms with van der Waals surface area (Å²) in [4.78, 5) is 13.2. The number of carbonyl (C=O) groups excluding carboxylic acids is 1. The number of hydrogen-bond donors (Lipinski definition) is 2. The number of rotatable bonds is 3. The molecule has 1 saturated heterocycles. The van der Waals surface area contributed by atoms with E-state index < -0.39 is 11.9 Å². The molecule has 1 aliphatic rings. The van der Waals surface area contributed by atoms with Gasteiger partial charge in [0.25, 0.3) is 0 Å². The SMILES string of the molecule is CC(C)(C)C1CCCN(CC(N)C(N)=O)CC1. The molecule has 0 aliphatic carbocycles. The Morgan fingerprint density at radius 3 is 2.53 bits per heavy atom. The van der Waals surface area contributed by atoms with E-state index in [1.54, 1.807) is 0 Å². The van der Waals surface area contributed by atoms with Gasteiger partial charge in [0.15, 0.2) is 0 Å². The summed E-state index contributed by atoms with van der Waals surface area (Å²) in [7, 11) is 0. The van der Waals surface area contributed by atoms with Crippen LogP contribution in [0.15, 0.2) is 0 Å². The number of primary amides is 1. The van der Waals surface area contributed by atoms with Crippen LogP contribution in [-0.2, 0) is 4.79 Å². The summed E-state index contributed by atoms with van der Waals surface area (Å²) in [5.74, 6) is 0.360. The molecule has 2 atom stereocenters. The minimum atomic E-state index is -0.527. The molecular formula is C13H27N3O. The Balaban J connectivity index is 2.45. The third-order valence-electron chi connectivity index (χ3n) is 3.87. The van der Waals surface area contributed by atoms with Gasteiger partial charge in [-0.15, -0.1) is 0 Å². The standard InChI is InChI=1S/C13H27N3O/c1-13(2,3)10-5-4-7-16(8-6-10)9-11(14)12(15)17/h10-11H,4-9,14H2,1-3H3,(H2,15,17). The summed E-state index contributed by atoms with van der Waals surface area (Å²) in [5, 5.41) is 0. The molecule has 0 bridgehead atoms. The average molecular weight is 241 g/mol. The van der Waals surface area contributed by atoms with Crippen LogP contribution in [0.1, 0.15) is 40.0 Å². The predicted molar refractivity (Wildman–Crippen MR) is 70.4 cm³/mol. The van der Waals surface area contributed by atoms with Crippen molar-refractivity contribution >= 4 is 5.91 Å². The normalized spacial score (nSPS) is 25.3. The van der Waals surface area contributed by atoms with Gasteiger partial charge in [0.05, 0.1) is 6.04 Å². The van der Waals surface area contributed by atoms with E-state index >= 15 is 0 Å². The van der Waals surface area contributed by atoms with Gasteiger partial charge in [-0.05, 0) is 43.7 Å². The molecular weight excluding hydrogens is 214 g/mol. The highest BCUT2D eigenvalue weighted by atomic mass is 16.1. The van der Waals surface area contributed by atoms with Gasteiger partial charge in [0.2, 0.25) is 5.91 Å². The third-order valence-corrected chi connectivity index (χ3v) is 3.87. The highest BCUT2D eigenvalue weighted by Gasteiger charge is 2.27. The van der Waals surface area contributed by atoms with Crippen LogP contribution in [0.25, 0.3) is 0 Å². The summed E-state index contributed by atoms with van der Waals surface area (Å²) >= 11 is 0. The van der Waals surface area contributed by atoms with Gasteiger partial charge >= 0.3 is 0 Å². The molecule has 1 aliphatic heterocycles. The molecule has 100 valence electrons. The molecule has 1 fully saturated rings. The fraction of sp³-hybridized carbons (Fsp3) is 0.923. The molecule has 1 rings (SSSR count). The predicted octanol–water partition coefficient (Wildman–Crippen LogP) is 0.947. The van der Waals surface area contributed by atoms with E-state index in [2.05, 4.69) is 25.7 Å². The minimum Gasteiger partial charge on any atom is -0.368 e. The van der Waals surface area contributed by atoms with Gasteiger partial charge in [-0.3, -0.25) is 4.79 Å². The molecule has 4 nitrogen and oxygen atoms in total. The lowest BCUT2D eigenvalue weighted by molar-refractivity contribution is -0.119. The maximum Gasteiger partial charge on any atom is 0.235 e. The summed E-state index contributed by atoms with van der Waals surface area (Å²) in [6, 6.07) is -0.527. The summed E-state index contributed by atoms with van der Waals surface area (Å²) in [6.45, 7) is 9.59. The van der Waals surface area contributed by atoms with E-state index in [0.29, 0.717) is 12.0 Å². The lowest BCUT2D eigenvalue weighted by Gasteiger charge is -2.30. The van der Waals surface area contributed by atoms with Gasteiger partial charge in [-0.1, -0.05) is 20.8 Å². The van der Waals surface area contributed by atoms with Crippen LogP contribution in [0.2, 0.25) is 0 Å². The summed E-state index contributed by atoms with van der Waals surface area (Å²) in [6.07, 6.45) is 3.65. The third kappa shape index (κ3) is 4.64. The minimum absolute atomic E-state index is 0.377. The number of carbonyl (C=O) groups is 1. The highest BCUT2D eigenvalue weighted by Crippen LogP contribution is 2.34. The van der Waals surface area contributed by atoms with Crippen molar-refractivity contribution in [1.82, 2.24) is 4.90 Å². The number of amides is 1. The first-order chi connectivity index (χ1) is 7.80. The molecule has 2 unspecified atom stereocenters. The number of hydrogen-bond acceptors (Lipinski definition) is 3. The molecule has 0 spiro atoms. The second-order valence-corrected chi connectivity index (χ2v) is 6.30. The van der Waals surface area contributed by atoms with Crippen molar-refractivity contribution in [3.63, 3.8) is 0 Å². The van der Waals surface area contributed by atoms with Crippen molar-refractivity contribution in [1.29, 1.82) is 0 Å². The molecule has 17 heavy (non-hydrogen) atoms. The largest absolute Gasteiger partial charge is 0.368 e. The zero-order chi connectivity index (χ0) is 13.1. The number of nitrogens with zero attached hydrogens (tertiary/aromatic N) is 1. The van der Waals surface area contributed by atoms with Crippen LogP contribution >= 0.6 is 0 Å². The highest BCUT2D eigenvalue weighted by molar-refractivity contribution is 5.79. The Morgan fingerprint density at radius 1 is 1.35 bits per heavy atom. The topological polar surface area (TPSA) is 72.3 Å². The Labute approximate surface area is 105 Å². The summed E-state index contributed by atoms with van der Waals surface area (Å²) < 4.78 is 0. The smallest absolute Gasteiger partial charge is 0.235 e. The van der Waals surface area contributed by atoms with Crippen LogP contribution in [-0.4, -0.2) is 36.5 Å². The van der Waals surface area contributed by atoms with Gasteiger partial charge < -0.3 is 16.4 Å². The second-order valence-electron chi connectivity index (χ2n) is 6.30. The number of nitrogens with two attached hydrogens (primary N) is 2. The molecule has 4 heteroatoms. The van der Waals surface area contributed by atoms with E-state index in [9.17, 15) is 4.79 Å². The lowest BCUT2D eigenvalue weighted by atomic mass is 9.77. The second kappa shape index (κ2) is 5.83. The van der Waals surface area contributed by atoms with Crippen molar-refractivity contribution in [2.24, 2.45) is 22.8 Å². The van der Waals surface area contributed by atoms with E-state index in [4.69, 9.17) is 11.5 Å². The first-order valence-electron chi connectivity index (χ1n) is 6.58. The van der Waals surface area contributed by atoms with Crippen molar-refractivity contribution < 1.29 is 4.79 Å². The fourth-order valence-electron chi connectivity index (χ4n) is 2.57. The molecule has 0 aromatic heterocycles. The molecule has 0 radical (unpaired) electrons. The van der Waals surface area contributed by atoms with Gasteiger partial charge in [-0.25, -0.2) is 0 Å². The zero-order valence-electron chi connectivity index (χ0n) is 11.4. The molecule has 1 heterocycles. The molecule has 4 N–H and O–H groups in total. The van der Waals surface area contributed by atoms with Crippen LogP contribution in [0.4, 0.5) is 0 Å². The molecule has 1 amide bonds. The van der Waals surface area contributed by atoms with E-state index in [0.717, 1.165) is 19.0 Å². The lowest BCUT2D eigenvalue weighted by Crippen LogP contribution is -2.46. The van der Waals surface area contributed by atoms with Crippen LogP contribution < -0.4 is 11.5 Å². The Hall–Kier alpha value is -0.610. The summed E-state index contributed by atoms with van der Waals surface area (Å²) in [5.41, 5.74) is 11.3. The van der Waals surface area contributed by atoms with E-state index in [1.165, 1.54) is 19.3 Å². The maximum atomic E-state index is 11.0. The Morgan fingerprint density at radius 2 is 2.00 bits per heavy atom. The van der Waals surface area contributed by atoms with Crippen molar-refractivity contribution in [3.05, 3.63) is 0 Å². The van der Waals surface area contributed by atoms with Crippen molar-refractivity contribution in [3.8, 4) is 0 Å². The average Bonchev–Trinajstić information content (AvgIpc) is 2.42. The first-order valence-corrected chi connectivity index (χ1v) is 6.58. The van der Waals surface area contributed by atoms with E-state index in [-0.39, 0.29) is 0 Å². The van der Waals surface area contributed by atoms with Gasteiger partial charge in [0.1, 0.15) is 0 Å². The zero-order valence-corrected chi connectivity index (χ0v) is 11.4.